The molecule has 0 aromatic carbocycles. The van der Waals surface area contributed by atoms with Crippen LogP contribution in [0.3, 0.4) is 0 Å². The predicted molar refractivity (Wildman–Crippen MR) is 39.9 cm³/mol. The van der Waals surface area contributed by atoms with E-state index in [9.17, 15) is 9.59 Å². The average Bonchev–Trinajstić information content (AvgIpc) is 2.90. The number of epoxide rings is 1. The molecule has 1 aliphatic carbocycles. The van der Waals surface area contributed by atoms with E-state index >= 15 is 0 Å². The maximum atomic E-state index is 11.3. The van der Waals surface area contributed by atoms with Gasteiger partial charge in [0.2, 0.25) is 0 Å². The van der Waals surface area contributed by atoms with E-state index < -0.39 is 25.4 Å². The van der Waals surface area contributed by atoms with Crippen LogP contribution in [0.5, 0.6) is 0 Å². The third-order valence-electron chi connectivity index (χ3n) is 2.28. The molecular weight excluding hydrogens is 176 g/mol. The summed E-state index contributed by atoms with van der Waals surface area (Å²) in [6, 6.07) is 0. The van der Waals surface area contributed by atoms with Gasteiger partial charge in [-0.1, -0.05) is 0 Å². The molecule has 5 nitrogen and oxygen atoms in total. The van der Waals surface area contributed by atoms with E-state index in [0.717, 1.165) is 0 Å². The number of fused-ring (bicyclic) bond motifs is 1. The van der Waals surface area contributed by atoms with Gasteiger partial charge in [0, 0.05) is 11.1 Å². The Kier molecular flexibility index (Phi) is 1.80. The summed E-state index contributed by atoms with van der Waals surface area (Å²) in [5.74, 6) is -0.757. The van der Waals surface area contributed by atoms with E-state index in [1.807, 2.05) is 0 Å². The minimum absolute atomic E-state index is 0.00810. The molecule has 0 bridgehead atoms. The first-order chi connectivity index (χ1) is 6.20. The maximum Gasteiger partial charge on any atom is 0.193 e. The van der Waals surface area contributed by atoms with Crippen molar-refractivity contribution in [3.63, 3.8) is 0 Å². The molecule has 0 amide bonds. The number of Topliss-reactive ketones (excluding diaryl/α,β-unsaturated/α-hetero) is 2. The van der Waals surface area contributed by atoms with Gasteiger partial charge in [-0.05, 0) is 0 Å². The highest BCUT2D eigenvalue weighted by molar-refractivity contribution is 6.18. The molecular formula is C8H8O5. The van der Waals surface area contributed by atoms with Crippen LogP contribution in [0.1, 0.15) is 0 Å². The van der Waals surface area contributed by atoms with Gasteiger partial charge in [0.1, 0.15) is 0 Å². The quantitative estimate of drug-likeness (QED) is 0.494. The second kappa shape index (κ2) is 2.73. The summed E-state index contributed by atoms with van der Waals surface area (Å²) in [6.07, 6.45) is -1.41. The van der Waals surface area contributed by atoms with Crippen molar-refractivity contribution in [3.8, 4) is 0 Å². The van der Waals surface area contributed by atoms with Crippen LogP contribution in [-0.4, -0.2) is 47.2 Å². The lowest BCUT2D eigenvalue weighted by molar-refractivity contribution is -0.121. The Bertz CT molecular complexity index is 286. The first-order valence-corrected chi connectivity index (χ1v) is 3.88. The smallest absolute Gasteiger partial charge is 0.193 e. The van der Waals surface area contributed by atoms with Crippen LogP contribution < -0.4 is 0 Å². The van der Waals surface area contributed by atoms with Gasteiger partial charge in [0.05, 0.1) is 13.2 Å². The van der Waals surface area contributed by atoms with Crippen LogP contribution in [0.15, 0.2) is 11.1 Å². The standard InChI is InChI=1S/C8H8O5/c9-1-3-4(2-10)6(12)8-7(13-8)5(3)11/h7-10H,1-2H2/t7-,8+. The number of hydrogen-bond acceptors (Lipinski definition) is 5. The summed E-state index contributed by atoms with van der Waals surface area (Å²) in [5.41, 5.74) is -0.0162. The molecule has 0 spiro atoms. The van der Waals surface area contributed by atoms with Gasteiger partial charge in [0.15, 0.2) is 23.8 Å². The molecule has 0 unspecified atom stereocenters. The van der Waals surface area contributed by atoms with Crippen LogP contribution in [-0.2, 0) is 14.3 Å². The molecule has 1 heterocycles. The van der Waals surface area contributed by atoms with E-state index in [2.05, 4.69) is 0 Å². The van der Waals surface area contributed by atoms with E-state index in [4.69, 9.17) is 14.9 Å². The first kappa shape index (κ1) is 8.55. The summed E-state index contributed by atoms with van der Waals surface area (Å²) < 4.78 is 4.80. The fraction of sp³-hybridized carbons (Fsp3) is 0.500. The normalized spacial score (nSPS) is 32.2. The first-order valence-electron chi connectivity index (χ1n) is 3.88. The van der Waals surface area contributed by atoms with E-state index in [1.54, 1.807) is 0 Å². The van der Waals surface area contributed by atoms with Crippen molar-refractivity contribution in [2.75, 3.05) is 13.2 Å². The number of hydrogen-bond donors (Lipinski definition) is 2. The van der Waals surface area contributed by atoms with E-state index in [-0.39, 0.29) is 22.7 Å². The van der Waals surface area contributed by atoms with Crippen molar-refractivity contribution in [1.82, 2.24) is 0 Å². The Balaban J connectivity index is 2.43. The van der Waals surface area contributed by atoms with Crippen molar-refractivity contribution in [3.05, 3.63) is 11.1 Å². The second-order valence-electron chi connectivity index (χ2n) is 2.98. The predicted octanol–water partition coefficient (Wildman–Crippen LogP) is -1.81. The minimum atomic E-state index is -0.704. The number of aliphatic hydroxyl groups excluding tert-OH is 2. The molecule has 0 saturated carbocycles. The van der Waals surface area contributed by atoms with Gasteiger partial charge in [-0.25, -0.2) is 0 Å². The van der Waals surface area contributed by atoms with Gasteiger partial charge in [0.25, 0.3) is 0 Å². The summed E-state index contributed by atoms with van der Waals surface area (Å²) in [6.45, 7) is -1.04. The molecule has 0 aromatic rings. The topological polar surface area (TPSA) is 87.1 Å². The van der Waals surface area contributed by atoms with Crippen molar-refractivity contribution in [2.24, 2.45) is 0 Å². The zero-order chi connectivity index (χ0) is 9.59. The zero-order valence-electron chi connectivity index (χ0n) is 6.69. The number of carbonyl (C=O) groups excluding carboxylic acids is 2. The maximum absolute atomic E-state index is 11.3. The second-order valence-corrected chi connectivity index (χ2v) is 2.98. The zero-order valence-corrected chi connectivity index (χ0v) is 6.69. The number of rotatable bonds is 2. The van der Waals surface area contributed by atoms with Crippen molar-refractivity contribution in [2.45, 2.75) is 12.2 Å². The molecule has 1 fully saturated rings. The Labute approximate surface area is 73.6 Å². The van der Waals surface area contributed by atoms with Crippen LogP contribution >= 0.6 is 0 Å². The lowest BCUT2D eigenvalue weighted by Crippen LogP contribution is -2.30. The number of ketones is 2. The Hall–Kier alpha value is -1.04. The third kappa shape index (κ3) is 1.05. The van der Waals surface area contributed by atoms with Crippen molar-refractivity contribution >= 4 is 11.6 Å². The molecule has 2 N–H and O–H groups in total. The monoisotopic (exact) mass is 184 g/mol. The average molecular weight is 184 g/mol. The lowest BCUT2D eigenvalue weighted by Gasteiger charge is -2.11. The summed E-state index contributed by atoms with van der Waals surface area (Å²) in [7, 11) is 0. The fourth-order valence-corrected chi connectivity index (χ4v) is 1.50. The highest BCUT2D eigenvalue weighted by Gasteiger charge is 2.55. The largest absolute Gasteiger partial charge is 0.392 e. The molecule has 13 heavy (non-hydrogen) atoms. The Morgan fingerprint density at radius 3 is 1.69 bits per heavy atom. The molecule has 2 aliphatic rings. The summed E-state index contributed by atoms with van der Waals surface area (Å²) >= 11 is 0. The van der Waals surface area contributed by atoms with E-state index in [1.165, 1.54) is 0 Å². The minimum Gasteiger partial charge on any atom is -0.392 e. The molecule has 2 atom stereocenters. The van der Waals surface area contributed by atoms with Crippen LogP contribution in [0.2, 0.25) is 0 Å². The number of carbonyl (C=O) groups is 2. The third-order valence-corrected chi connectivity index (χ3v) is 2.28. The van der Waals surface area contributed by atoms with Crippen molar-refractivity contribution in [1.29, 1.82) is 0 Å². The molecule has 1 aliphatic heterocycles. The van der Waals surface area contributed by atoms with Gasteiger partial charge >= 0.3 is 0 Å². The molecule has 5 heteroatoms. The van der Waals surface area contributed by atoms with Crippen molar-refractivity contribution < 1.29 is 24.5 Å². The lowest BCUT2D eigenvalue weighted by atomic mass is 9.90. The molecule has 1 saturated heterocycles. The van der Waals surface area contributed by atoms with Gasteiger partial charge in [-0.3, -0.25) is 9.59 Å². The summed E-state index contributed by atoms with van der Waals surface area (Å²) in [4.78, 5) is 22.6. The Morgan fingerprint density at radius 1 is 1.00 bits per heavy atom. The molecule has 0 aromatic heterocycles. The van der Waals surface area contributed by atoms with Crippen LogP contribution in [0.25, 0.3) is 0 Å². The van der Waals surface area contributed by atoms with Crippen LogP contribution in [0.4, 0.5) is 0 Å². The molecule has 2 rings (SSSR count). The van der Waals surface area contributed by atoms with E-state index in [0.29, 0.717) is 0 Å². The van der Waals surface area contributed by atoms with Gasteiger partial charge in [-0.2, -0.15) is 0 Å². The number of ether oxygens (including phenoxy) is 1. The highest BCUT2D eigenvalue weighted by atomic mass is 16.6. The van der Waals surface area contributed by atoms with Crippen LogP contribution in [0, 0.1) is 0 Å². The Morgan fingerprint density at radius 2 is 1.38 bits per heavy atom. The summed E-state index contributed by atoms with van der Waals surface area (Å²) in [5, 5.41) is 17.6. The SMILES string of the molecule is O=C1C(CO)=C(CO)C(=O)[C@@H]2O[C@H]12. The van der Waals surface area contributed by atoms with Gasteiger partial charge < -0.3 is 14.9 Å². The van der Waals surface area contributed by atoms with Gasteiger partial charge in [-0.15, -0.1) is 0 Å². The molecule has 70 valence electrons. The number of aliphatic hydroxyl groups is 2. The highest BCUT2D eigenvalue weighted by Crippen LogP contribution is 2.34. The molecule has 0 radical (unpaired) electrons. The fourth-order valence-electron chi connectivity index (χ4n) is 1.50.